The minimum atomic E-state index is -4.57. The van der Waals surface area contributed by atoms with Gasteiger partial charge in [0, 0.05) is 22.8 Å². The maximum absolute atomic E-state index is 13.6. The Hall–Kier alpha value is -1.79. The molecule has 21 heavy (non-hydrogen) atoms. The zero-order chi connectivity index (χ0) is 15.6. The molecule has 0 fully saturated rings. The SMILES string of the molecule is NCc1ccc(Nc2ccc(Cl)cc2C(F)(F)F)cc1F. The number of anilines is 2. The first kappa shape index (κ1) is 15.6. The molecular formula is C14H11ClF4N2. The van der Waals surface area contributed by atoms with Crippen LogP contribution in [0.2, 0.25) is 5.02 Å². The topological polar surface area (TPSA) is 38.0 Å². The van der Waals surface area contributed by atoms with Gasteiger partial charge in [0.1, 0.15) is 5.82 Å². The summed E-state index contributed by atoms with van der Waals surface area (Å²) in [6.45, 7) is 0.0147. The van der Waals surface area contributed by atoms with E-state index in [4.69, 9.17) is 17.3 Å². The van der Waals surface area contributed by atoms with Crippen LogP contribution in [0.3, 0.4) is 0 Å². The van der Waals surface area contributed by atoms with Crippen molar-refractivity contribution in [1.82, 2.24) is 0 Å². The van der Waals surface area contributed by atoms with Gasteiger partial charge in [0.2, 0.25) is 0 Å². The van der Waals surface area contributed by atoms with Crippen molar-refractivity contribution in [2.24, 2.45) is 5.73 Å². The third-order valence-corrected chi connectivity index (χ3v) is 3.07. The smallest absolute Gasteiger partial charge is 0.355 e. The van der Waals surface area contributed by atoms with Gasteiger partial charge in [-0.1, -0.05) is 17.7 Å². The lowest BCUT2D eigenvalue weighted by Gasteiger charge is -2.15. The van der Waals surface area contributed by atoms with Gasteiger partial charge in [-0.15, -0.1) is 0 Å². The maximum atomic E-state index is 13.6. The lowest BCUT2D eigenvalue weighted by atomic mass is 10.1. The van der Waals surface area contributed by atoms with Crippen molar-refractivity contribution in [1.29, 1.82) is 0 Å². The highest BCUT2D eigenvalue weighted by Crippen LogP contribution is 2.37. The maximum Gasteiger partial charge on any atom is 0.418 e. The van der Waals surface area contributed by atoms with Crippen LogP contribution < -0.4 is 11.1 Å². The summed E-state index contributed by atoms with van der Waals surface area (Å²) in [5.74, 6) is -0.579. The van der Waals surface area contributed by atoms with Gasteiger partial charge < -0.3 is 11.1 Å². The lowest BCUT2D eigenvalue weighted by Crippen LogP contribution is -2.09. The first-order chi connectivity index (χ1) is 9.81. The molecule has 2 aromatic carbocycles. The molecule has 0 unspecified atom stereocenters. The molecule has 0 aliphatic heterocycles. The molecule has 7 heteroatoms. The second kappa shape index (κ2) is 5.91. The van der Waals surface area contributed by atoms with E-state index in [1.807, 2.05) is 0 Å². The number of rotatable bonds is 3. The molecule has 0 saturated heterocycles. The Morgan fingerprint density at radius 1 is 1.10 bits per heavy atom. The Morgan fingerprint density at radius 2 is 1.81 bits per heavy atom. The molecule has 2 aromatic rings. The fraction of sp³-hybridized carbons (Fsp3) is 0.143. The van der Waals surface area contributed by atoms with E-state index >= 15 is 0 Å². The van der Waals surface area contributed by atoms with Gasteiger partial charge >= 0.3 is 6.18 Å². The number of benzene rings is 2. The molecule has 0 heterocycles. The average molecular weight is 319 g/mol. The van der Waals surface area contributed by atoms with Crippen molar-refractivity contribution in [2.45, 2.75) is 12.7 Å². The van der Waals surface area contributed by atoms with Gasteiger partial charge in [-0.05, 0) is 30.3 Å². The van der Waals surface area contributed by atoms with Crippen LogP contribution in [0.15, 0.2) is 36.4 Å². The largest absolute Gasteiger partial charge is 0.418 e. The van der Waals surface area contributed by atoms with Gasteiger partial charge in [0.05, 0.1) is 11.3 Å². The van der Waals surface area contributed by atoms with E-state index in [2.05, 4.69) is 5.32 Å². The summed E-state index contributed by atoms with van der Waals surface area (Å²) < 4.78 is 52.4. The van der Waals surface area contributed by atoms with E-state index in [1.165, 1.54) is 24.3 Å². The molecule has 0 saturated carbocycles. The Morgan fingerprint density at radius 3 is 2.38 bits per heavy atom. The van der Waals surface area contributed by atoms with Crippen molar-refractivity contribution < 1.29 is 17.6 Å². The van der Waals surface area contributed by atoms with Crippen LogP contribution in [0.25, 0.3) is 0 Å². The second-order valence-electron chi connectivity index (χ2n) is 4.32. The van der Waals surface area contributed by atoms with Crippen LogP contribution in [-0.2, 0) is 12.7 Å². The molecule has 0 radical (unpaired) electrons. The summed E-state index contributed by atoms with van der Waals surface area (Å²) in [4.78, 5) is 0. The molecule has 0 aliphatic carbocycles. The number of hydrogen-bond donors (Lipinski definition) is 2. The number of halogens is 5. The Kier molecular flexibility index (Phi) is 4.39. The zero-order valence-electron chi connectivity index (χ0n) is 10.6. The predicted molar refractivity (Wildman–Crippen MR) is 74.0 cm³/mol. The van der Waals surface area contributed by atoms with Crippen molar-refractivity contribution >= 4 is 23.0 Å². The molecule has 0 aliphatic rings. The molecule has 0 aromatic heterocycles. The predicted octanol–water partition coefficient (Wildman–Crippen LogP) is 4.70. The summed E-state index contributed by atoms with van der Waals surface area (Å²) in [6.07, 6.45) is -4.57. The third kappa shape index (κ3) is 3.65. The summed E-state index contributed by atoms with van der Waals surface area (Å²) >= 11 is 5.59. The molecule has 0 atom stereocenters. The summed E-state index contributed by atoms with van der Waals surface area (Å²) in [5.41, 5.74) is 4.68. The second-order valence-corrected chi connectivity index (χ2v) is 4.76. The van der Waals surface area contributed by atoms with Crippen molar-refractivity contribution in [3.8, 4) is 0 Å². The average Bonchev–Trinajstić information content (AvgIpc) is 2.40. The highest BCUT2D eigenvalue weighted by Gasteiger charge is 2.33. The minimum absolute atomic E-state index is 0.0147. The summed E-state index contributed by atoms with van der Waals surface area (Å²) in [7, 11) is 0. The molecule has 2 rings (SSSR count). The van der Waals surface area contributed by atoms with E-state index < -0.39 is 17.6 Å². The molecule has 0 amide bonds. The van der Waals surface area contributed by atoms with Crippen LogP contribution in [0.5, 0.6) is 0 Å². The highest BCUT2D eigenvalue weighted by molar-refractivity contribution is 6.30. The van der Waals surface area contributed by atoms with E-state index in [0.29, 0.717) is 0 Å². The van der Waals surface area contributed by atoms with Crippen LogP contribution >= 0.6 is 11.6 Å². The Bertz CT molecular complexity index is 656. The van der Waals surface area contributed by atoms with E-state index in [1.54, 1.807) is 0 Å². The first-order valence-corrected chi connectivity index (χ1v) is 6.31. The summed E-state index contributed by atoms with van der Waals surface area (Å²) in [5, 5.41) is 2.51. The summed E-state index contributed by atoms with van der Waals surface area (Å²) in [6, 6.07) is 7.30. The van der Waals surface area contributed by atoms with Gasteiger partial charge in [-0.25, -0.2) is 4.39 Å². The lowest BCUT2D eigenvalue weighted by molar-refractivity contribution is -0.136. The van der Waals surface area contributed by atoms with Gasteiger partial charge in [0.15, 0.2) is 0 Å². The van der Waals surface area contributed by atoms with Gasteiger partial charge in [-0.3, -0.25) is 0 Å². The van der Waals surface area contributed by atoms with E-state index in [-0.39, 0.29) is 28.5 Å². The standard InChI is InChI=1S/C14H11ClF4N2/c15-9-2-4-13(11(5-9)14(17,18)19)21-10-3-1-8(7-20)12(16)6-10/h1-6,21H,7,20H2. The first-order valence-electron chi connectivity index (χ1n) is 5.93. The van der Waals surface area contributed by atoms with E-state index in [0.717, 1.165) is 12.1 Å². The van der Waals surface area contributed by atoms with Crippen LogP contribution in [-0.4, -0.2) is 0 Å². The van der Waals surface area contributed by atoms with Gasteiger partial charge in [0.25, 0.3) is 0 Å². The molecule has 3 N–H and O–H groups in total. The normalized spacial score (nSPS) is 11.5. The Labute approximate surface area is 123 Å². The molecule has 0 bridgehead atoms. The third-order valence-electron chi connectivity index (χ3n) is 2.84. The Balaban J connectivity index is 2.38. The van der Waals surface area contributed by atoms with Gasteiger partial charge in [-0.2, -0.15) is 13.2 Å². The minimum Gasteiger partial charge on any atom is -0.355 e. The fourth-order valence-electron chi connectivity index (χ4n) is 1.81. The zero-order valence-corrected chi connectivity index (χ0v) is 11.4. The molecular weight excluding hydrogens is 308 g/mol. The number of nitrogens with one attached hydrogen (secondary N) is 1. The molecule has 2 nitrogen and oxygen atoms in total. The number of alkyl halides is 3. The fourth-order valence-corrected chi connectivity index (χ4v) is 1.98. The van der Waals surface area contributed by atoms with Crippen LogP contribution in [0, 0.1) is 5.82 Å². The number of hydrogen-bond acceptors (Lipinski definition) is 2. The number of nitrogens with two attached hydrogens (primary N) is 1. The van der Waals surface area contributed by atoms with Crippen LogP contribution in [0.1, 0.15) is 11.1 Å². The van der Waals surface area contributed by atoms with Crippen molar-refractivity contribution in [3.05, 3.63) is 58.4 Å². The van der Waals surface area contributed by atoms with Crippen LogP contribution in [0.4, 0.5) is 28.9 Å². The van der Waals surface area contributed by atoms with E-state index in [9.17, 15) is 17.6 Å². The van der Waals surface area contributed by atoms with Crippen molar-refractivity contribution in [3.63, 3.8) is 0 Å². The van der Waals surface area contributed by atoms with Crippen molar-refractivity contribution in [2.75, 3.05) is 5.32 Å². The quantitative estimate of drug-likeness (QED) is 0.805. The monoisotopic (exact) mass is 318 g/mol. The molecule has 112 valence electrons. The highest BCUT2D eigenvalue weighted by atomic mass is 35.5. The molecule has 0 spiro atoms.